The van der Waals surface area contributed by atoms with Crippen LogP contribution in [0.15, 0.2) is 47.5 Å². The molecule has 0 saturated carbocycles. The van der Waals surface area contributed by atoms with Gasteiger partial charge >= 0.3 is 5.69 Å². The van der Waals surface area contributed by atoms with Gasteiger partial charge in [0.25, 0.3) is 5.91 Å². The molecule has 0 saturated heterocycles. The Balaban J connectivity index is 2.15. The summed E-state index contributed by atoms with van der Waals surface area (Å²) in [5, 5.41) is 2.68. The molecule has 16 heavy (non-hydrogen) atoms. The van der Waals surface area contributed by atoms with Crippen molar-refractivity contribution in [2.45, 2.75) is 0 Å². The number of carbonyl (C=O) groups is 1. The number of nitrogens with one attached hydrogen (secondary N) is 2. The summed E-state index contributed by atoms with van der Waals surface area (Å²) in [6.45, 7) is 0. The van der Waals surface area contributed by atoms with Gasteiger partial charge in [-0.3, -0.25) is 4.79 Å². The monoisotopic (exact) mass is 215 g/mol. The summed E-state index contributed by atoms with van der Waals surface area (Å²) in [5.74, 6) is -0.310. The molecular formula is C11H9N3O2. The van der Waals surface area contributed by atoms with Crippen LogP contribution in [0, 0.1) is 0 Å². The Labute approximate surface area is 91.2 Å². The largest absolute Gasteiger partial charge is 0.344 e. The predicted octanol–water partition coefficient (Wildman–Crippen LogP) is 1.02. The van der Waals surface area contributed by atoms with Crippen molar-refractivity contribution in [3.05, 3.63) is 58.8 Å². The van der Waals surface area contributed by atoms with Crippen LogP contribution in [0.3, 0.4) is 0 Å². The van der Waals surface area contributed by atoms with E-state index >= 15 is 0 Å². The highest BCUT2D eigenvalue weighted by Crippen LogP contribution is 2.06. The number of hydrogen-bond acceptors (Lipinski definition) is 3. The fourth-order valence-electron chi connectivity index (χ4n) is 1.19. The third-order valence-corrected chi connectivity index (χ3v) is 1.97. The summed E-state index contributed by atoms with van der Waals surface area (Å²) in [4.78, 5) is 28.2. The number of benzene rings is 1. The Morgan fingerprint density at radius 1 is 1.25 bits per heavy atom. The van der Waals surface area contributed by atoms with E-state index in [0.29, 0.717) is 11.3 Å². The predicted molar refractivity (Wildman–Crippen MR) is 59.3 cm³/mol. The van der Waals surface area contributed by atoms with E-state index in [-0.39, 0.29) is 5.91 Å². The number of anilines is 1. The minimum Gasteiger partial charge on any atom is -0.322 e. The van der Waals surface area contributed by atoms with E-state index in [1.807, 2.05) is 18.2 Å². The molecule has 1 heterocycles. The summed E-state index contributed by atoms with van der Waals surface area (Å²) in [6.07, 6.45) is 2.56. The van der Waals surface area contributed by atoms with Gasteiger partial charge in [0.1, 0.15) is 0 Å². The summed E-state index contributed by atoms with van der Waals surface area (Å²) >= 11 is 0. The second-order valence-electron chi connectivity index (χ2n) is 3.13. The summed E-state index contributed by atoms with van der Waals surface area (Å²) in [5.41, 5.74) is 0.526. The van der Waals surface area contributed by atoms with Crippen molar-refractivity contribution >= 4 is 11.6 Å². The molecule has 2 N–H and O–H groups in total. The Morgan fingerprint density at radius 3 is 2.62 bits per heavy atom. The van der Waals surface area contributed by atoms with Gasteiger partial charge in [-0.2, -0.15) is 0 Å². The molecule has 0 fully saturated rings. The first kappa shape index (κ1) is 10.1. The first-order valence-corrected chi connectivity index (χ1v) is 4.67. The number of para-hydroxylation sites is 1. The quantitative estimate of drug-likeness (QED) is 0.785. The van der Waals surface area contributed by atoms with Crippen LogP contribution in [0.5, 0.6) is 0 Å². The number of aromatic nitrogens is 2. The highest BCUT2D eigenvalue weighted by Gasteiger charge is 2.05. The van der Waals surface area contributed by atoms with Gasteiger partial charge in [0.05, 0.1) is 5.56 Å². The minimum absolute atomic E-state index is 0.309. The van der Waals surface area contributed by atoms with E-state index < -0.39 is 5.69 Å². The second-order valence-corrected chi connectivity index (χ2v) is 3.13. The summed E-state index contributed by atoms with van der Waals surface area (Å²) in [7, 11) is 0. The van der Waals surface area contributed by atoms with Gasteiger partial charge in [-0.25, -0.2) is 9.78 Å². The summed E-state index contributed by atoms with van der Waals surface area (Å²) < 4.78 is 0. The van der Waals surface area contributed by atoms with Crippen molar-refractivity contribution < 1.29 is 4.79 Å². The summed E-state index contributed by atoms with van der Waals surface area (Å²) in [6, 6.07) is 9.05. The maximum absolute atomic E-state index is 11.7. The first-order chi connectivity index (χ1) is 7.75. The number of carbonyl (C=O) groups excluding carboxylic acids is 1. The number of rotatable bonds is 2. The fraction of sp³-hybridized carbons (Fsp3) is 0. The maximum atomic E-state index is 11.7. The van der Waals surface area contributed by atoms with Crippen LogP contribution < -0.4 is 11.0 Å². The molecule has 0 atom stereocenters. The van der Waals surface area contributed by atoms with E-state index in [1.165, 1.54) is 12.4 Å². The van der Waals surface area contributed by atoms with E-state index in [0.717, 1.165) is 0 Å². The van der Waals surface area contributed by atoms with Crippen LogP contribution >= 0.6 is 0 Å². The molecule has 0 bridgehead atoms. The third kappa shape index (κ3) is 2.33. The molecule has 2 aromatic rings. The second kappa shape index (κ2) is 4.39. The van der Waals surface area contributed by atoms with Gasteiger partial charge in [-0.15, -0.1) is 0 Å². The van der Waals surface area contributed by atoms with Gasteiger partial charge in [-0.05, 0) is 12.1 Å². The van der Waals surface area contributed by atoms with Crippen LogP contribution in [-0.2, 0) is 0 Å². The molecule has 0 aliphatic rings. The molecule has 2 rings (SSSR count). The number of aromatic amines is 1. The van der Waals surface area contributed by atoms with Crippen LogP contribution in [0.25, 0.3) is 0 Å². The fourth-order valence-corrected chi connectivity index (χ4v) is 1.19. The zero-order valence-corrected chi connectivity index (χ0v) is 8.31. The SMILES string of the molecule is O=C(Nc1ccccc1)c1cnc(=O)[nH]c1. The van der Waals surface area contributed by atoms with Gasteiger partial charge < -0.3 is 10.3 Å². The van der Waals surface area contributed by atoms with Crippen molar-refractivity contribution in [2.75, 3.05) is 5.32 Å². The highest BCUT2D eigenvalue weighted by atomic mass is 16.2. The topological polar surface area (TPSA) is 74.8 Å². The molecule has 5 heteroatoms. The lowest BCUT2D eigenvalue weighted by atomic mass is 10.3. The average Bonchev–Trinajstić information content (AvgIpc) is 2.31. The average molecular weight is 215 g/mol. The molecule has 0 spiro atoms. The number of H-pyrrole nitrogens is 1. The van der Waals surface area contributed by atoms with E-state index in [4.69, 9.17) is 0 Å². The molecule has 80 valence electrons. The molecule has 5 nitrogen and oxygen atoms in total. The lowest BCUT2D eigenvalue weighted by molar-refractivity contribution is 0.102. The van der Waals surface area contributed by atoms with Gasteiger partial charge in [0.15, 0.2) is 0 Å². The van der Waals surface area contributed by atoms with Crippen molar-refractivity contribution in [3.8, 4) is 0 Å². The van der Waals surface area contributed by atoms with Crippen LogP contribution in [0.4, 0.5) is 5.69 Å². The van der Waals surface area contributed by atoms with Crippen molar-refractivity contribution in [3.63, 3.8) is 0 Å². The maximum Gasteiger partial charge on any atom is 0.344 e. The zero-order chi connectivity index (χ0) is 11.4. The molecule has 1 aromatic carbocycles. The van der Waals surface area contributed by atoms with Gasteiger partial charge in [0.2, 0.25) is 0 Å². The third-order valence-electron chi connectivity index (χ3n) is 1.97. The Kier molecular flexibility index (Phi) is 2.77. The van der Waals surface area contributed by atoms with E-state index in [2.05, 4.69) is 15.3 Å². The number of nitrogens with zero attached hydrogens (tertiary/aromatic N) is 1. The lowest BCUT2D eigenvalue weighted by Gasteiger charge is -2.03. The van der Waals surface area contributed by atoms with Crippen molar-refractivity contribution in [1.82, 2.24) is 9.97 Å². The molecule has 0 radical (unpaired) electrons. The van der Waals surface area contributed by atoms with Crippen LogP contribution in [-0.4, -0.2) is 15.9 Å². The minimum atomic E-state index is -0.476. The molecule has 1 aromatic heterocycles. The number of amides is 1. The molecule has 1 amide bonds. The normalized spacial score (nSPS) is 9.75. The number of hydrogen-bond donors (Lipinski definition) is 2. The smallest absolute Gasteiger partial charge is 0.322 e. The molecule has 0 aliphatic carbocycles. The first-order valence-electron chi connectivity index (χ1n) is 4.67. The highest BCUT2D eigenvalue weighted by molar-refractivity contribution is 6.03. The zero-order valence-electron chi connectivity index (χ0n) is 8.31. The molecule has 0 aliphatic heterocycles. The Hall–Kier alpha value is -2.43. The van der Waals surface area contributed by atoms with Crippen molar-refractivity contribution in [2.24, 2.45) is 0 Å². The van der Waals surface area contributed by atoms with E-state index in [9.17, 15) is 9.59 Å². The van der Waals surface area contributed by atoms with E-state index in [1.54, 1.807) is 12.1 Å². The standard InChI is InChI=1S/C11H9N3O2/c15-10(8-6-12-11(16)13-7-8)14-9-4-2-1-3-5-9/h1-7H,(H,14,15)(H,12,13,16). The Bertz CT molecular complexity index is 528. The van der Waals surface area contributed by atoms with Crippen molar-refractivity contribution in [1.29, 1.82) is 0 Å². The van der Waals surface area contributed by atoms with Gasteiger partial charge in [0, 0.05) is 18.1 Å². The lowest BCUT2D eigenvalue weighted by Crippen LogP contribution is -2.16. The van der Waals surface area contributed by atoms with Crippen LogP contribution in [0.1, 0.15) is 10.4 Å². The Morgan fingerprint density at radius 2 is 2.00 bits per heavy atom. The van der Waals surface area contributed by atoms with Crippen LogP contribution in [0.2, 0.25) is 0 Å². The van der Waals surface area contributed by atoms with Gasteiger partial charge in [-0.1, -0.05) is 18.2 Å². The molecular weight excluding hydrogens is 206 g/mol. The molecule has 0 unspecified atom stereocenters.